The summed E-state index contributed by atoms with van der Waals surface area (Å²) >= 11 is 11.4. The van der Waals surface area contributed by atoms with Crippen molar-refractivity contribution in [3.8, 4) is 0 Å². The number of fused-ring (bicyclic) bond motifs is 1. The maximum Gasteiger partial charge on any atom is 0.308 e. The lowest BCUT2D eigenvalue weighted by Crippen LogP contribution is -2.62. The predicted molar refractivity (Wildman–Crippen MR) is 112 cm³/mol. The van der Waals surface area contributed by atoms with Gasteiger partial charge in [0.05, 0.1) is 18.9 Å². The molecule has 1 aliphatic carbocycles. The number of rotatable bonds is 6. The van der Waals surface area contributed by atoms with Crippen LogP contribution < -0.4 is 10.6 Å². The number of carbonyl (C=O) groups excluding carboxylic acids is 3. The third-order valence-corrected chi connectivity index (χ3v) is 6.23. The Morgan fingerprint density at radius 3 is 2.83 bits per heavy atom. The number of hydrogen-bond acceptors (Lipinski definition) is 5. The molecule has 3 rings (SSSR count). The molecule has 1 aliphatic heterocycles. The van der Waals surface area contributed by atoms with Crippen LogP contribution in [0.25, 0.3) is 0 Å². The Balaban J connectivity index is 1.51. The molecule has 0 bridgehead atoms. The lowest BCUT2D eigenvalue weighted by Gasteiger charge is -2.43. The number of nitrogens with one attached hydrogen (secondary N) is 2. The molecule has 3 atom stereocenters. The molecule has 2 fully saturated rings. The molecule has 29 heavy (non-hydrogen) atoms. The fraction of sp³-hybridized carbons (Fsp3) is 0.500. The van der Waals surface area contributed by atoms with Gasteiger partial charge in [0.15, 0.2) is 5.11 Å². The predicted octanol–water partition coefficient (Wildman–Crippen LogP) is 2.02. The molecule has 2 aliphatic rings. The van der Waals surface area contributed by atoms with E-state index < -0.39 is 0 Å². The average molecular weight is 438 g/mol. The smallest absolute Gasteiger partial charge is 0.308 e. The molecule has 1 saturated carbocycles. The minimum atomic E-state index is -0.249. The highest BCUT2D eigenvalue weighted by atomic mass is 35.5. The average Bonchev–Trinajstić information content (AvgIpc) is 2.72. The second-order valence-corrected chi connectivity index (χ2v) is 8.10. The Hall–Kier alpha value is -2.19. The summed E-state index contributed by atoms with van der Waals surface area (Å²) in [5, 5.41) is 6.89. The molecular weight excluding hydrogens is 414 g/mol. The molecule has 3 unspecified atom stereocenters. The molecule has 0 aromatic heterocycles. The van der Waals surface area contributed by atoms with Crippen LogP contribution in [0.2, 0.25) is 5.02 Å². The van der Waals surface area contributed by atoms with Crippen molar-refractivity contribution in [3.63, 3.8) is 0 Å². The zero-order valence-electron chi connectivity index (χ0n) is 16.2. The molecular formula is C20H24ClN3O4S. The van der Waals surface area contributed by atoms with Crippen LogP contribution in [0.3, 0.4) is 0 Å². The van der Waals surface area contributed by atoms with Crippen LogP contribution in [0.15, 0.2) is 24.3 Å². The molecule has 7 nitrogen and oxygen atoms in total. The van der Waals surface area contributed by atoms with Crippen molar-refractivity contribution < 1.29 is 19.1 Å². The second kappa shape index (κ2) is 9.54. The second-order valence-electron chi connectivity index (χ2n) is 7.30. The summed E-state index contributed by atoms with van der Waals surface area (Å²) in [5.74, 6) is -0.973. The third kappa shape index (κ3) is 5.05. The molecule has 0 radical (unpaired) electrons. The van der Waals surface area contributed by atoms with Gasteiger partial charge in [-0.25, -0.2) is 0 Å². The van der Waals surface area contributed by atoms with Gasteiger partial charge >= 0.3 is 5.97 Å². The maximum atomic E-state index is 12.9. The Morgan fingerprint density at radius 1 is 1.34 bits per heavy atom. The summed E-state index contributed by atoms with van der Waals surface area (Å²) in [6, 6.07) is 7.13. The zero-order chi connectivity index (χ0) is 21.0. The van der Waals surface area contributed by atoms with Crippen LogP contribution in [0.1, 0.15) is 31.2 Å². The minimum Gasteiger partial charge on any atom is -0.469 e. The van der Waals surface area contributed by atoms with Crippen molar-refractivity contribution in [2.24, 2.45) is 11.8 Å². The quantitative estimate of drug-likeness (QED) is 0.523. The van der Waals surface area contributed by atoms with Gasteiger partial charge in [-0.3, -0.25) is 19.3 Å². The van der Waals surface area contributed by atoms with Gasteiger partial charge in [0, 0.05) is 30.6 Å². The standard InChI is InChI=1S/C20H24ClN3O4S/c1-28-19(27)12-6-7-14-16(10-12)23-20(29)24(18(14)26)9-8-17(25)22-11-13-4-2-3-5-15(13)21/h2-5,12,14,16H,6-11H2,1H3,(H,22,25)(H,23,29). The number of hydrogen-bond donors (Lipinski definition) is 2. The van der Waals surface area contributed by atoms with Gasteiger partial charge < -0.3 is 15.4 Å². The first-order chi connectivity index (χ1) is 13.9. The van der Waals surface area contributed by atoms with Gasteiger partial charge in [-0.15, -0.1) is 0 Å². The van der Waals surface area contributed by atoms with Crippen LogP contribution in [0.4, 0.5) is 0 Å². The highest BCUT2D eigenvalue weighted by molar-refractivity contribution is 7.80. The molecule has 1 saturated heterocycles. The number of thiocarbonyl (C=S) groups is 1. The van der Waals surface area contributed by atoms with E-state index in [-0.39, 0.29) is 48.6 Å². The molecule has 1 aromatic rings. The molecule has 2 N–H and O–H groups in total. The number of benzene rings is 1. The van der Waals surface area contributed by atoms with E-state index in [4.69, 9.17) is 28.6 Å². The largest absolute Gasteiger partial charge is 0.469 e. The van der Waals surface area contributed by atoms with Crippen LogP contribution in [-0.2, 0) is 25.7 Å². The van der Waals surface area contributed by atoms with Crippen LogP contribution in [0.5, 0.6) is 0 Å². The fourth-order valence-electron chi connectivity index (χ4n) is 3.89. The number of amides is 2. The minimum absolute atomic E-state index is 0.0824. The van der Waals surface area contributed by atoms with Crippen molar-refractivity contribution in [1.29, 1.82) is 0 Å². The Morgan fingerprint density at radius 2 is 2.10 bits per heavy atom. The number of carbonyl (C=O) groups is 3. The summed E-state index contributed by atoms with van der Waals surface area (Å²) in [4.78, 5) is 38.4. The van der Waals surface area contributed by atoms with E-state index in [1.54, 1.807) is 6.07 Å². The molecule has 0 spiro atoms. The van der Waals surface area contributed by atoms with E-state index in [2.05, 4.69) is 10.6 Å². The highest BCUT2D eigenvalue weighted by Crippen LogP contribution is 2.33. The van der Waals surface area contributed by atoms with Gasteiger partial charge in [-0.1, -0.05) is 29.8 Å². The topological polar surface area (TPSA) is 87.7 Å². The molecule has 1 aromatic carbocycles. The van der Waals surface area contributed by atoms with E-state index in [9.17, 15) is 14.4 Å². The van der Waals surface area contributed by atoms with Gasteiger partial charge in [-0.05, 0) is 43.1 Å². The molecule has 9 heteroatoms. The Kier molecular flexibility index (Phi) is 7.08. The van der Waals surface area contributed by atoms with E-state index >= 15 is 0 Å². The van der Waals surface area contributed by atoms with Crippen LogP contribution in [0, 0.1) is 11.8 Å². The number of ether oxygens (including phenoxy) is 1. The van der Waals surface area contributed by atoms with Crippen molar-refractivity contribution in [1.82, 2.24) is 15.5 Å². The van der Waals surface area contributed by atoms with Gasteiger partial charge in [-0.2, -0.15) is 0 Å². The summed E-state index contributed by atoms with van der Waals surface area (Å²) in [6.45, 7) is 0.539. The Bertz CT molecular complexity index is 819. The summed E-state index contributed by atoms with van der Waals surface area (Å²) in [7, 11) is 1.37. The zero-order valence-corrected chi connectivity index (χ0v) is 17.7. The van der Waals surface area contributed by atoms with Crippen molar-refractivity contribution in [2.45, 2.75) is 38.3 Å². The summed E-state index contributed by atoms with van der Waals surface area (Å²) in [5.41, 5.74) is 0.832. The van der Waals surface area contributed by atoms with Gasteiger partial charge in [0.1, 0.15) is 0 Å². The number of nitrogens with zero attached hydrogens (tertiary/aromatic N) is 1. The van der Waals surface area contributed by atoms with Gasteiger partial charge in [0.2, 0.25) is 11.8 Å². The maximum absolute atomic E-state index is 12.9. The van der Waals surface area contributed by atoms with E-state index in [0.29, 0.717) is 35.9 Å². The van der Waals surface area contributed by atoms with Crippen molar-refractivity contribution in [2.75, 3.05) is 13.7 Å². The lowest BCUT2D eigenvalue weighted by molar-refractivity contribution is -0.149. The first-order valence-corrected chi connectivity index (χ1v) is 10.4. The monoisotopic (exact) mass is 437 g/mol. The fourth-order valence-corrected chi connectivity index (χ4v) is 4.43. The number of halogens is 1. The summed E-state index contributed by atoms with van der Waals surface area (Å²) in [6.07, 6.45) is 1.86. The SMILES string of the molecule is COC(=O)C1CCC2C(=O)N(CCC(=O)NCc3ccccc3Cl)C(=S)NC2C1. The van der Waals surface area contributed by atoms with Crippen molar-refractivity contribution >= 4 is 46.7 Å². The number of esters is 1. The highest BCUT2D eigenvalue weighted by Gasteiger charge is 2.44. The van der Waals surface area contributed by atoms with Crippen LogP contribution >= 0.6 is 23.8 Å². The van der Waals surface area contributed by atoms with Crippen LogP contribution in [-0.4, -0.2) is 47.5 Å². The Labute approximate surface area is 180 Å². The van der Waals surface area contributed by atoms with E-state index in [1.807, 2.05) is 18.2 Å². The normalized spacial score (nSPS) is 23.8. The summed E-state index contributed by atoms with van der Waals surface area (Å²) < 4.78 is 4.82. The molecule has 1 heterocycles. The molecule has 156 valence electrons. The van der Waals surface area contributed by atoms with E-state index in [0.717, 1.165) is 5.56 Å². The van der Waals surface area contributed by atoms with Crippen molar-refractivity contribution in [3.05, 3.63) is 34.9 Å². The molecule has 2 amide bonds. The third-order valence-electron chi connectivity index (χ3n) is 5.52. The number of methoxy groups -OCH3 is 1. The van der Waals surface area contributed by atoms with E-state index in [1.165, 1.54) is 12.0 Å². The first kappa shape index (κ1) is 21.5. The lowest BCUT2D eigenvalue weighted by atomic mass is 9.76. The van der Waals surface area contributed by atoms with Gasteiger partial charge in [0.25, 0.3) is 0 Å². The first-order valence-electron chi connectivity index (χ1n) is 9.60.